The Hall–Kier alpha value is -1.14. The van der Waals surface area contributed by atoms with Gasteiger partial charge in [0, 0.05) is 5.92 Å². The summed E-state index contributed by atoms with van der Waals surface area (Å²) in [5.74, 6) is -3.20. The Kier molecular flexibility index (Phi) is 2.44. The van der Waals surface area contributed by atoms with Crippen LogP contribution >= 0.6 is 0 Å². The third-order valence-electron chi connectivity index (χ3n) is 4.33. The van der Waals surface area contributed by atoms with E-state index in [1.165, 1.54) is 0 Å². The fourth-order valence-electron chi connectivity index (χ4n) is 3.39. The van der Waals surface area contributed by atoms with E-state index < -0.39 is 29.4 Å². The monoisotopic (exact) mass is 256 g/mol. The molecular formula is C12H16O6. The highest BCUT2D eigenvalue weighted by atomic mass is 16.9. The molecule has 3 atom stereocenters. The third kappa shape index (κ3) is 1.42. The van der Waals surface area contributed by atoms with Gasteiger partial charge in [-0.2, -0.15) is 0 Å². The lowest BCUT2D eigenvalue weighted by Gasteiger charge is -2.24. The van der Waals surface area contributed by atoms with Crippen molar-refractivity contribution in [1.82, 2.24) is 0 Å². The van der Waals surface area contributed by atoms with Gasteiger partial charge in [-0.3, -0.25) is 4.79 Å². The summed E-state index contributed by atoms with van der Waals surface area (Å²) in [5, 5.41) is 18.2. The molecule has 0 aromatic rings. The largest absolute Gasteiger partial charge is 0.481 e. The first-order valence-corrected chi connectivity index (χ1v) is 6.36. The minimum Gasteiger partial charge on any atom is -0.481 e. The van der Waals surface area contributed by atoms with Gasteiger partial charge >= 0.3 is 11.9 Å². The molecular weight excluding hydrogens is 240 g/mol. The summed E-state index contributed by atoms with van der Waals surface area (Å²) < 4.78 is 10.7. The highest BCUT2D eigenvalue weighted by molar-refractivity contribution is 5.85. The summed E-state index contributed by atoms with van der Waals surface area (Å²) in [6.07, 6.45) is 3.97. The molecule has 3 unspecified atom stereocenters. The van der Waals surface area contributed by atoms with E-state index in [4.69, 9.17) is 14.6 Å². The van der Waals surface area contributed by atoms with Gasteiger partial charge in [0.05, 0.1) is 6.42 Å². The summed E-state index contributed by atoms with van der Waals surface area (Å²) in [6, 6.07) is 0. The quantitative estimate of drug-likeness (QED) is 0.727. The first-order chi connectivity index (χ1) is 8.53. The lowest BCUT2D eigenvalue weighted by molar-refractivity contribution is -0.146. The molecule has 2 saturated heterocycles. The van der Waals surface area contributed by atoms with Gasteiger partial charge in [-0.15, -0.1) is 0 Å². The van der Waals surface area contributed by atoms with E-state index in [0.717, 1.165) is 32.1 Å². The number of carboxylic acids is 2. The number of hydrogen-bond acceptors (Lipinski definition) is 4. The summed E-state index contributed by atoms with van der Waals surface area (Å²) in [5.41, 5.74) is -1.28. The zero-order valence-electron chi connectivity index (χ0n) is 9.92. The number of rotatable bonds is 4. The number of epoxide rings is 2. The second-order valence-corrected chi connectivity index (χ2v) is 5.35. The second kappa shape index (κ2) is 3.68. The van der Waals surface area contributed by atoms with Crippen LogP contribution in [0.1, 0.15) is 38.5 Å². The van der Waals surface area contributed by atoms with E-state index >= 15 is 0 Å². The lowest BCUT2D eigenvalue weighted by atomic mass is 9.77. The Morgan fingerprint density at radius 2 is 1.83 bits per heavy atom. The number of ether oxygens (including phenoxy) is 2. The van der Waals surface area contributed by atoms with Crippen molar-refractivity contribution in [3.8, 4) is 0 Å². The zero-order valence-corrected chi connectivity index (χ0v) is 9.92. The highest BCUT2D eigenvalue weighted by Crippen LogP contribution is 2.68. The average Bonchev–Trinajstić information content (AvgIpc) is 3.18. The Balaban J connectivity index is 1.76. The van der Waals surface area contributed by atoms with Gasteiger partial charge in [0.15, 0.2) is 0 Å². The van der Waals surface area contributed by atoms with E-state index in [1.807, 2.05) is 0 Å². The fourth-order valence-corrected chi connectivity index (χ4v) is 3.39. The molecule has 1 spiro atoms. The van der Waals surface area contributed by atoms with Crippen molar-refractivity contribution < 1.29 is 29.3 Å². The van der Waals surface area contributed by atoms with Gasteiger partial charge in [-0.25, -0.2) is 4.79 Å². The van der Waals surface area contributed by atoms with Crippen LogP contribution in [0.25, 0.3) is 0 Å². The van der Waals surface area contributed by atoms with Crippen LogP contribution in [0.5, 0.6) is 0 Å². The molecule has 3 fully saturated rings. The van der Waals surface area contributed by atoms with Crippen LogP contribution in [-0.2, 0) is 19.1 Å². The number of aliphatic carboxylic acids is 2. The Labute approximate surface area is 104 Å². The average molecular weight is 256 g/mol. The van der Waals surface area contributed by atoms with Crippen LogP contribution in [0, 0.1) is 5.92 Å². The van der Waals surface area contributed by atoms with Crippen molar-refractivity contribution >= 4 is 11.9 Å². The van der Waals surface area contributed by atoms with Crippen LogP contribution in [0.2, 0.25) is 0 Å². The van der Waals surface area contributed by atoms with E-state index in [9.17, 15) is 14.7 Å². The highest BCUT2D eigenvalue weighted by Gasteiger charge is 2.91. The fraction of sp³-hybridized carbons (Fsp3) is 0.833. The zero-order chi connectivity index (χ0) is 13.0. The van der Waals surface area contributed by atoms with Crippen molar-refractivity contribution in [3.05, 3.63) is 0 Å². The van der Waals surface area contributed by atoms with E-state index in [0.29, 0.717) is 0 Å². The van der Waals surface area contributed by atoms with Gasteiger partial charge in [-0.05, 0) is 12.8 Å². The molecule has 2 aliphatic heterocycles. The molecule has 0 amide bonds. The summed E-state index contributed by atoms with van der Waals surface area (Å²) in [6.45, 7) is 0. The molecule has 18 heavy (non-hydrogen) atoms. The van der Waals surface area contributed by atoms with Crippen LogP contribution in [-0.4, -0.2) is 39.6 Å². The SMILES string of the molecule is O=C(O)CC1OC12OC2(C(=O)O)C1CCCCC1. The molecule has 1 aliphatic carbocycles. The van der Waals surface area contributed by atoms with E-state index in [2.05, 4.69) is 0 Å². The molecule has 0 radical (unpaired) electrons. The predicted octanol–water partition coefficient (Wildman–Crippen LogP) is 0.990. The van der Waals surface area contributed by atoms with Crippen molar-refractivity contribution in [2.75, 3.05) is 0 Å². The first-order valence-electron chi connectivity index (χ1n) is 6.36. The maximum atomic E-state index is 11.5. The first kappa shape index (κ1) is 11.9. The van der Waals surface area contributed by atoms with E-state index in [-0.39, 0.29) is 12.3 Å². The maximum Gasteiger partial charge on any atom is 0.342 e. The summed E-state index contributed by atoms with van der Waals surface area (Å²) >= 11 is 0. The Bertz CT molecular complexity index is 401. The Morgan fingerprint density at radius 3 is 2.39 bits per heavy atom. The third-order valence-corrected chi connectivity index (χ3v) is 4.33. The predicted molar refractivity (Wildman–Crippen MR) is 57.9 cm³/mol. The number of carboxylic acid groups (broad SMARTS) is 2. The van der Waals surface area contributed by atoms with Crippen LogP contribution in [0.4, 0.5) is 0 Å². The molecule has 6 heteroatoms. The van der Waals surface area contributed by atoms with Crippen molar-refractivity contribution in [1.29, 1.82) is 0 Å². The van der Waals surface area contributed by atoms with Gasteiger partial charge in [0.2, 0.25) is 11.4 Å². The van der Waals surface area contributed by atoms with Crippen molar-refractivity contribution in [2.45, 2.75) is 56.0 Å². The Morgan fingerprint density at radius 1 is 1.17 bits per heavy atom. The number of carbonyl (C=O) groups is 2. The molecule has 1 saturated carbocycles. The molecule has 2 N–H and O–H groups in total. The van der Waals surface area contributed by atoms with Gasteiger partial charge in [-0.1, -0.05) is 19.3 Å². The minimum absolute atomic E-state index is 0.0532. The van der Waals surface area contributed by atoms with Crippen LogP contribution < -0.4 is 0 Å². The number of hydrogen-bond donors (Lipinski definition) is 2. The standard InChI is InChI=1S/C12H16O6/c13-9(14)6-8-12(17-8)11(18-12,10(15)16)7-4-2-1-3-5-7/h7-8H,1-6H2,(H,13,14)(H,15,16). The lowest BCUT2D eigenvalue weighted by Crippen LogP contribution is -2.39. The van der Waals surface area contributed by atoms with Crippen LogP contribution in [0.3, 0.4) is 0 Å². The molecule has 0 bridgehead atoms. The topological polar surface area (TPSA) is 99.7 Å². The second-order valence-electron chi connectivity index (χ2n) is 5.35. The van der Waals surface area contributed by atoms with Gasteiger partial charge in [0.25, 0.3) is 0 Å². The van der Waals surface area contributed by atoms with Crippen molar-refractivity contribution in [2.24, 2.45) is 5.92 Å². The molecule has 3 rings (SSSR count). The molecule has 0 aromatic carbocycles. The minimum atomic E-state index is -1.28. The summed E-state index contributed by atoms with van der Waals surface area (Å²) in [7, 11) is 0. The normalized spacial score (nSPS) is 42.8. The smallest absolute Gasteiger partial charge is 0.342 e. The molecule has 0 aromatic heterocycles. The van der Waals surface area contributed by atoms with Crippen molar-refractivity contribution in [3.63, 3.8) is 0 Å². The molecule has 2 heterocycles. The molecule has 3 aliphatic rings. The van der Waals surface area contributed by atoms with Crippen LogP contribution in [0.15, 0.2) is 0 Å². The van der Waals surface area contributed by atoms with Gasteiger partial charge < -0.3 is 19.7 Å². The van der Waals surface area contributed by atoms with E-state index in [1.54, 1.807) is 0 Å². The van der Waals surface area contributed by atoms with Gasteiger partial charge in [0.1, 0.15) is 6.10 Å². The maximum absolute atomic E-state index is 11.5. The summed E-state index contributed by atoms with van der Waals surface area (Å²) in [4.78, 5) is 22.2. The molecule has 6 nitrogen and oxygen atoms in total. The molecule has 100 valence electrons.